The van der Waals surface area contributed by atoms with Crippen LogP contribution >= 0.6 is 23.5 Å². The lowest BCUT2D eigenvalue weighted by Crippen LogP contribution is -2.46. The van der Waals surface area contributed by atoms with Crippen molar-refractivity contribution in [2.45, 2.75) is 119 Å². The zero-order valence-electron chi connectivity index (χ0n) is 40.9. The molecule has 0 aliphatic carbocycles. The molecule has 6 aliphatic heterocycles. The second-order valence-electron chi connectivity index (χ2n) is 17.7. The van der Waals surface area contributed by atoms with Crippen molar-refractivity contribution >= 4 is 52.3 Å². The Balaban J connectivity index is 0.000000189. The molecule has 4 saturated heterocycles. The van der Waals surface area contributed by atoms with Crippen molar-refractivity contribution in [2.24, 2.45) is 0 Å². The molecule has 8 rings (SSSR count). The molecule has 0 spiro atoms. The van der Waals surface area contributed by atoms with Gasteiger partial charge in [0.25, 0.3) is 11.8 Å². The van der Waals surface area contributed by atoms with Gasteiger partial charge in [-0.3, -0.25) is 27.7 Å². The summed E-state index contributed by atoms with van der Waals surface area (Å²) in [7, 11) is -14.1. The molecule has 33 nitrogen and oxygen atoms in total. The summed E-state index contributed by atoms with van der Waals surface area (Å²) in [6, 6.07) is 0. The molecule has 0 saturated carbocycles. The molecule has 426 valence electrons. The van der Waals surface area contributed by atoms with Gasteiger partial charge in [0.2, 0.25) is 0 Å². The highest BCUT2D eigenvalue weighted by molar-refractivity contribution is 7.46. The van der Waals surface area contributed by atoms with Gasteiger partial charge in [-0.05, 0) is 26.7 Å². The molecule has 76 heavy (non-hydrogen) atoms. The van der Waals surface area contributed by atoms with Gasteiger partial charge >= 0.3 is 23.5 Å². The smallest absolute Gasteiger partial charge is 0.387 e. The van der Waals surface area contributed by atoms with Crippen LogP contribution < -0.4 is 16.0 Å². The molecule has 0 radical (unpaired) electrons. The van der Waals surface area contributed by atoms with Crippen molar-refractivity contribution in [1.29, 1.82) is 0 Å². The van der Waals surface area contributed by atoms with E-state index in [1.165, 1.54) is 46.7 Å². The van der Waals surface area contributed by atoms with Crippen LogP contribution in [0.1, 0.15) is 46.3 Å². The van der Waals surface area contributed by atoms with Gasteiger partial charge in [0.05, 0.1) is 26.1 Å². The van der Waals surface area contributed by atoms with Crippen molar-refractivity contribution in [3.63, 3.8) is 0 Å². The van der Waals surface area contributed by atoms with Gasteiger partial charge in [-0.2, -0.15) is 0 Å². The van der Waals surface area contributed by atoms with E-state index in [1.54, 1.807) is 18.7 Å². The lowest BCUT2D eigenvalue weighted by molar-refractivity contribution is -0.202. The van der Waals surface area contributed by atoms with Gasteiger partial charge < -0.3 is 104 Å². The lowest BCUT2D eigenvalue weighted by atomic mass is 10.1. The van der Waals surface area contributed by atoms with Gasteiger partial charge in [-0.1, -0.05) is 26.5 Å². The standard InChI is InChI=1S/C17H28N5O8P.C13H19N2O8P.C10H15N2O8P/c1-2-3-6-28-7-4-5-18-15-12-16(20-9-19-15)22(10-21-12)17-14(24)13(23)11(30-17)8-29-31(25,26)27;1-7-14-9(16)4-5-15(7)12-11-10(22-13(2,3)23-11)8(21-12)6-20-24(17,18)19;1-5-11-7(13)2-3-12(5)10-9(15)8(14)6(20-10)4-19-21(16,17)18/h9-11,13-14,17,23-24H,2-8H2,1H3,(H,18,19,20)(H2,25,26,27);4-5,8,10-12H,1,6H2,2-3H3,(H,14,16)(H2,17,18,19);2-3,6,8-10,14-15H,1,4H2,(H,11,13)(H2,16,17,18)/t11-,13-,14-,17-;8-,10-,11?,12-;6-,8-,9?,10-/m111/s1. The average Bonchev–Trinajstić information content (AvgIpc) is 4.12. The largest absolute Gasteiger partial charge is 0.469 e. The predicted octanol–water partition coefficient (Wildman–Crippen LogP) is -2.11. The Labute approximate surface area is 432 Å². The van der Waals surface area contributed by atoms with Crippen LogP contribution in [0.5, 0.6) is 0 Å². The monoisotopic (exact) mass is 1150 g/mol. The van der Waals surface area contributed by atoms with Crippen molar-refractivity contribution in [3.8, 4) is 0 Å². The Morgan fingerprint density at radius 3 is 1.71 bits per heavy atom. The first-order chi connectivity index (χ1) is 35.6. The zero-order valence-corrected chi connectivity index (χ0v) is 43.6. The van der Waals surface area contributed by atoms with E-state index >= 15 is 0 Å². The third kappa shape index (κ3) is 16.4. The molecule has 6 aliphatic rings. The fraction of sp³-hybridized carbons (Fsp3) is 0.625. The molecule has 2 aromatic rings. The maximum Gasteiger partial charge on any atom is 0.469 e. The highest BCUT2D eigenvalue weighted by atomic mass is 31.2. The van der Waals surface area contributed by atoms with Crippen LogP contribution in [0.3, 0.4) is 0 Å². The Morgan fingerprint density at radius 1 is 0.684 bits per heavy atom. The summed E-state index contributed by atoms with van der Waals surface area (Å²) in [4.78, 5) is 90.7. The molecular weight excluding hydrogens is 1080 g/mol. The normalized spacial score (nSPS) is 30.2. The van der Waals surface area contributed by atoms with Gasteiger partial charge in [0.1, 0.15) is 72.9 Å². The maximum absolute atomic E-state index is 11.4. The van der Waals surface area contributed by atoms with Crippen LogP contribution in [-0.2, 0) is 65.3 Å². The molecule has 2 amide bonds. The van der Waals surface area contributed by atoms with E-state index in [0.717, 1.165) is 25.9 Å². The molecule has 0 aromatic carbocycles. The minimum absolute atomic E-state index is 0.135. The summed E-state index contributed by atoms with van der Waals surface area (Å²) >= 11 is 0. The number of phosphoric ester groups is 3. The summed E-state index contributed by atoms with van der Waals surface area (Å²) in [5, 5.41) is 48.4. The number of carbonyl (C=O) groups is 2. The fourth-order valence-electron chi connectivity index (χ4n) is 8.07. The number of rotatable bonds is 20. The second kappa shape index (κ2) is 25.7. The number of amides is 2. The minimum atomic E-state index is -4.74. The summed E-state index contributed by atoms with van der Waals surface area (Å²) in [6.45, 7) is 13.3. The van der Waals surface area contributed by atoms with Crippen LogP contribution in [0.15, 0.2) is 62.0 Å². The first-order valence-electron chi connectivity index (χ1n) is 23.1. The van der Waals surface area contributed by atoms with Crippen molar-refractivity contribution < 1.29 is 115 Å². The Bertz CT molecular complexity index is 2580. The maximum atomic E-state index is 11.4. The quantitative estimate of drug-likeness (QED) is 0.0498. The highest BCUT2D eigenvalue weighted by Crippen LogP contribution is 2.44. The van der Waals surface area contributed by atoms with Crippen molar-refractivity contribution in [1.82, 2.24) is 40.0 Å². The molecular formula is C40H62N9O24P3. The van der Waals surface area contributed by atoms with Crippen molar-refractivity contribution in [2.75, 3.05) is 44.9 Å². The van der Waals surface area contributed by atoms with Crippen molar-refractivity contribution in [3.05, 3.63) is 62.0 Å². The number of ether oxygens (including phenoxy) is 6. The number of aliphatic hydroxyl groups is 4. The first kappa shape index (κ1) is 61.0. The number of nitrogens with zero attached hydrogens (tertiary/aromatic N) is 6. The summed E-state index contributed by atoms with van der Waals surface area (Å²) in [5.74, 6) is -0.651. The second-order valence-corrected chi connectivity index (χ2v) is 21.4. The Morgan fingerprint density at radius 2 is 1.17 bits per heavy atom. The Hall–Kier alpha value is -4.22. The molecule has 36 heteroatoms. The molecule has 2 unspecified atom stereocenters. The number of hydrogen-bond acceptors (Lipinski definition) is 24. The SMILES string of the molecule is C=C1NC(=O)C=CN1[C@@H]1O[C@H](COP(=O)(O)O)[C@@H](O)C1O.C=C1NC(=O)C=CN1[C@@H]1O[C@H](COP(=O)(O)O)[C@H]2OC(C)(C)OC12.CCCCOCCCNc1ncnc2c1ncn2[C@@H]1O[C@H](COP(=O)(O)O)[C@@H](O)[C@H]1O. The van der Waals surface area contributed by atoms with E-state index < -0.39 is 122 Å². The van der Waals surface area contributed by atoms with E-state index in [0.29, 0.717) is 36.0 Å². The third-order valence-corrected chi connectivity index (χ3v) is 13.0. The first-order valence-corrected chi connectivity index (χ1v) is 27.7. The lowest BCUT2D eigenvalue weighted by Gasteiger charge is -2.34. The summed E-state index contributed by atoms with van der Waals surface area (Å²) in [5.41, 5.74) is 0.819. The van der Waals surface area contributed by atoms with E-state index in [2.05, 4.69) is 64.6 Å². The van der Waals surface area contributed by atoms with Gasteiger partial charge in [-0.25, -0.2) is 28.6 Å². The number of phosphoric acid groups is 3. The van der Waals surface area contributed by atoms with Gasteiger partial charge in [-0.15, -0.1) is 0 Å². The molecule has 4 fully saturated rings. The predicted molar refractivity (Wildman–Crippen MR) is 254 cm³/mol. The van der Waals surface area contributed by atoms with E-state index in [1.807, 2.05) is 0 Å². The van der Waals surface area contributed by atoms with Crippen LogP contribution in [0.2, 0.25) is 0 Å². The van der Waals surface area contributed by atoms with Crippen LogP contribution in [0.25, 0.3) is 11.2 Å². The number of aliphatic hydroxyl groups excluding tert-OH is 4. The Kier molecular flexibility index (Phi) is 20.6. The molecule has 12 atom stereocenters. The number of fused-ring (bicyclic) bond motifs is 2. The number of nitrogens with one attached hydrogen (secondary N) is 3. The fourth-order valence-corrected chi connectivity index (χ4v) is 9.09. The number of carbonyl (C=O) groups excluding carboxylic acids is 2. The number of aromatic nitrogens is 4. The topological polar surface area (TPSA) is 457 Å². The van der Waals surface area contributed by atoms with E-state index in [4.69, 9.17) is 57.8 Å². The average molecular weight is 1150 g/mol. The molecule has 2 aromatic heterocycles. The van der Waals surface area contributed by atoms with Crippen LogP contribution in [0.4, 0.5) is 5.82 Å². The zero-order chi connectivity index (χ0) is 55.9. The van der Waals surface area contributed by atoms with Gasteiger partial charge in [0, 0.05) is 44.3 Å². The number of unbranched alkanes of at least 4 members (excludes halogenated alkanes) is 1. The highest BCUT2D eigenvalue weighted by Gasteiger charge is 2.57. The molecule has 8 heterocycles. The van der Waals surface area contributed by atoms with E-state index in [-0.39, 0.29) is 18.3 Å². The van der Waals surface area contributed by atoms with E-state index in [9.17, 15) is 43.7 Å². The van der Waals surface area contributed by atoms with Gasteiger partial charge in [0.15, 0.2) is 41.5 Å². The summed E-state index contributed by atoms with van der Waals surface area (Å²) < 4.78 is 81.0. The minimum Gasteiger partial charge on any atom is -0.387 e. The molecule has 0 bridgehead atoms. The number of imidazole rings is 1. The number of hydrogen-bond donors (Lipinski definition) is 13. The molecule has 13 N–H and O–H groups in total. The van der Waals surface area contributed by atoms with Crippen LogP contribution in [0, 0.1) is 0 Å². The number of anilines is 1. The summed E-state index contributed by atoms with van der Waals surface area (Å²) in [6.07, 6.45) is -1.66. The van der Waals surface area contributed by atoms with Crippen LogP contribution in [-0.4, -0.2) is 204 Å². The third-order valence-electron chi connectivity index (χ3n) is 11.5.